The van der Waals surface area contributed by atoms with Gasteiger partial charge in [0.15, 0.2) is 17.8 Å². The minimum atomic E-state index is 0.187. The lowest BCUT2D eigenvalue weighted by atomic mass is 10.1. The number of hydrogen-bond donors (Lipinski definition) is 0. The lowest BCUT2D eigenvalue weighted by molar-refractivity contribution is 0.111. The first kappa shape index (κ1) is 14.8. The van der Waals surface area contributed by atoms with Crippen molar-refractivity contribution in [1.29, 1.82) is 0 Å². The zero-order chi connectivity index (χ0) is 15.2. The Morgan fingerprint density at radius 2 is 1.95 bits per heavy atom. The van der Waals surface area contributed by atoms with E-state index in [1.807, 2.05) is 19.1 Å². The molecule has 0 spiro atoms. The Kier molecular flexibility index (Phi) is 4.77. The molecule has 1 aromatic heterocycles. The third-order valence-corrected chi connectivity index (χ3v) is 3.09. The molecule has 0 atom stereocenters. The third-order valence-electron chi connectivity index (χ3n) is 3.09. The van der Waals surface area contributed by atoms with Gasteiger partial charge in [0.2, 0.25) is 0 Å². The number of methoxy groups -OCH3 is 2. The molecule has 0 aliphatic rings. The zero-order valence-electron chi connectivity index (χ0n) is 12.3. The molecule has 110 valence electrons. The number of aromatic nitrogens is 1. The molecular weight excluding hydrogens is 270 g/mol. The van der Waals surface area contributed by atoms with Crippen LogP contribution in [0.25, 0.3) is 0 Å². The molecule has 0 amide bonds. The van der Waals surface area contributed by atoms with Crippen LogP contribution in [0.15, 0.2) is 30.5 Å². The number of carbonyl (C=O) groups excluding carboxylic acids is 1. The van der Waals surface area contributed by atoms with Crippen LogP contribution >= 0.6 is 0 Å². The van der Waals surface area contributed by atoms with Gasteiger partial charge in [-0.2, -0.15) is 0 Å². The Bertz CT molecular complexity index is 640. The van der Waals surface area contributed by atoms with Gasteiger partial charge in [-0.3, -0.25) is 9.78 Å². The van der Waals surface area contributed by atoms with Crippen LogP contribution in [-0.2, 0) is 6.61 Å². The molecule has 1 aromatic carbocycles. The van der Waals surface area contributed by atoms with Crippen molar-refractivity contribution in [3.05, 3.63) is 47.3 Å². The van der Waals surface area contributed by atoms with Crippen molar-refractivity contribution in [3.8, 4) is 17.2 Å². The Hall–Kier alpha value is -2.56. The van der Waals surface area contributed by atoms with E-state index >= 15 is 0 Å². The van der Waals surface area contributed by atoms with Crippen molar-refractivity contribution >= 4 is 6.29 Å². The van der Waals surface area contributed by atoms with E-state index in [9.17, 15) is 4.79 Å². The van der Waals surface area contributed by atoms with Crippen LogP contribution in [0.3, 0.4) is 0 Å². The first-order chi connectivity index (χ1) is 10.2. The molecular formula is C16H17NO4. The number of aldehydes is 1. The van der Waals surface area contributed by atoms with Crippen LogP contribution in [0.5, 0.6) is 17.2 Å². The topological polar surface area (TPSA) is 57.7 Å². The van der Waals surface area contributed by atoms with E-state index in [4.69, 9.17) is 14.2 Å². The molecule has 0 saturated heterocycles. The van der Waals surface area contributed by atoms with Gasteiger partial charge < -0.3 is 14.2 Å². The summed E-state index contributed by atoms with van der Waals surface area (Å²) in [7, 11) is 3.11. The average Bonchev–Trinajstić information content (AvgIpc) is 2.52. The van der Waals surface area contributed by atoms with Crippen LogP contribution in [0.1, 0.15) is 21.6 Å². The maximum atomic E-state index is 11.1. The highest BCUT2D eigenvalue weighted by Crippen LogP contribution is 2.30. The largest absolute Gasteiger partial charge is 0.493 e. The van der Waals surface area contributed by atoms with Crippen LogP contribution in [0.4, 0.5) is 0 Å². The fraction of sp³-hybridized carbons (Fsp3) is 0.250. The number of carbonyl (C=O) groups is 1. The normalized spacial score (nSPS) is 10.0. The zero-order valence-corrected chi connectivity index (χ0v) is 12.3. The van der Waals surface area contributed by atoms with Gasteiger partial charge in [0.25, 0.3) is 0 Å². The van der Waals surface area contributed by atoms with Gasteiger partial charge in [0.05, 0.1) is 19.8 Å². The lowest BCUT2D eigenvalue weighted by Gasteiger charge is -2.14. The van der Waals surface area contributed by atoms with Crippen LogP contribution in [-0.4, -0.2) is 25.5 Å². The molecule has 0 saturated carbocycles. The monoisotopic (exact) mass is 287 g/mol. The predicted octanol–water partition coefficient (Wildman–Crippen LogP) is 2.80. The summed E-state index contributed by atoms with van der Waals surface area (Å²) in [5.74, 6) is 1.67. The van der Waals surface area contributed by atoms with Crippen LogP contribution in [0.2, 0.25) is 0 Å². The Morgan fingerprint density at radius 1 is 1.14 bits per heavy atom. The lowest BCUT2D eigenvalue weighted by Crippen LogP contribution is -2.05. The van der Waals surface area contributed by atoms with Gasteiger partial charge in [-0.05, 0) is 18.6 Å². The summed E-state index contributed by atoms with van der Waals surface area (Å²) in [5, 5.41) is 0. The van der Waals surface area contributed by atoms with Gasteiger partial charge in [-0.15, -0.1) is 0 Å². The second-order valence-electron chi connectivity index (χ2n) is 4.39. The second kappa shape index (κ2) is 6.74. The molecule has 2 rings (SSSR count). The first-order valence-electron chi connectivity index (χ1n) is 6.44. The summed E-state index contributed by atoms with van der Waals surface area (Å²) in [5.41, 5.74) is 2.01. The van der Waals surface area contributed by atoms with E-state index in [2.05, 4.69) is 4.98 Å². The summed E-state index contributed by atoms with van der Waals surface area (Å²) in [6.45, 7) is 2.07. The number of ether oxygens (including phenoxy) is 3. The summed E-state index contributed by atoms with van der Waals surface area (Å²) in [6.07, 6.45) is 2.40. The van der Waals surface area contributed by atoms with Gasteiger partial charge in [0.1, 0.15) is 18.1 Å². The Balaban J connectivity index is 2.27. The van der Waals surface area contributed by atoms with E-state index in [-0.39, 0.29) is 6.61 Å². The number of aryl methyl sites for hydroxylation is 1. The molecule has 0 N–H and O–H groups in total. The number of hydrogen-bond acceptors (Lipinski definition) is 5. The van der Waals surface area contributed by atoms with Crippen molar-refractivity contribution in [1.82, 2.24) is 4.98 Å². The van der Waals surface area contributed by atoms with Crippen molar-refractivity contribution in [2.24, 2.45) is 0 Å². The molecule has 0 radical (unpaired) electrons. The van der Waals surface area contributed by atoms with Gasteiger partial charge in [0, 0.05) is 12.3 Å². The summed E-state index contributed by atoms with van der Waals surface area (Å²) in [4.78, 5) is 15.3. The minimum absolute atomic E-state index is 0.187. The Morgan fingerprint density at radius 3 is 2.62 bits per heavy atom. The second-order valence-corrected chi connectivity index (χ2v) is 4.39. The number of benzene rings is 1. The van der Waals surface area contributed by atoms with Gasteiger partial charge in [-0.25, -0.2) is 0 Å². The highest BCUT2D eigenvalue weighted by molar-refractivity contribution is 5.80. The maximum Gasteiger partial charge on any atom is 0.185 e. The molecule has 0 fully saturated rings. The number of para-hydroxylation sites is 1. The smallest absolute Gasteiger partial charge is 0.185 e. The maximum absolute atomic E-state index is 11.1. The van der Waals surface area contributed by atoms with Gasteiger partial charge in [-0.1, -0.05) is 12.1 Å². The predicted molar refractivity (Wildman–Crippen MR) is 78.2 cm³/mol. The quantitative estimate of drug-likeness (QED) is 0.765. The summed E-state index contributed by atoms with van der Waals surface area (Å²) >= 11 is 0. The van der Waals surface area contributed by atoms with Crippen molar-refractivity contribution in [3.63, 3.8) is 0 Å². The van der Waals surface area contributed by atoms with Crippen molar-refractivity contribution in [2.45, 2.75) is 13.5 Å². The number of nitrogens with zero attached hydrogens (tertiary/aromatic N) is 1. The molecule has 1 heterocycles. The summed E-state index contributed by atoms with van der Waals surface area (Å²) in [6, 6.07) is 7.13. The standard InChI is InChI=1S/C16H17NO4/c1-11-5-4-6-12(9-18)15(11)21-10-13-16(20-3)14(19-2)7-8-17-13/h4-9H,10H2,1-3H3. The van der Waals surface area contributed by atoms with Gasteiger partial charge >= 0.3 is 0 Å². The molecule has 21 heavy (non-hydrogen) atoms. The van der Waals surface area contributed by atoms with E-state index < -0.39 is 0 Å². The number of rotatable bonds is 6. The minimum Gasteiger partial charge on any atom is -0.493 e. The van der Waals surface area contributed by atoms with Crippen molar-refractivity contribution < 1.29 is 19.0 Å². The molecule has 0 bridgehead atoms. The average molecular weight is 287 g/mol. The highest BCUT2D eigenvalue weighted by atomic mass is 16.5. The van der Waals surface area contributed by atoms with E-state index in [1.165, 1.54) is 0 Å². The Labute approximate surface area is 123 Å². The van der Waals surface area contributed by atoms with E-state index in [0.717, 1.165) is 11.8 Å². The molecule has 0 unspecified atom stereocenters. The molecule has 5 nitrogen and oxygen atoms in total. The third kappa shape index (κ3) is 3.13. The number of pyridine rings is 1. The van der Waals surface area contributed by atoms with E-state index in [1.54, 1.807) is 32.5 Å². The molecule has 0 aliphatic carbocycles. The highest BCUT2D eigenvalue weighted by Gasteiger charge is 2.13. The van der Waals surface area contributed by atoms with Crippen LogP contribution in [0, 0.1) is 6.92 Å². The van der Waals surface area contributed by atoms with Crippen LogP contribution < -0.4 is 14.2 Å². The van der Waals surface area contributed by atoms with Crippen molar-refractivity contribution in [2.75, 3.05) is 14.2 Å². The van der Waals surface area contributed by atoms with E-state index in [0.29, 0.717) is 28.5 Å². The molecule has 0 aliphatic heterocycles. The first-order valence-corrected chi connectivity index (χ1v) is 6.44. The fourth-order valence-corrected chi connectivity index (χ4v) is 2.06. The molecule has 5 heteroatoms. The summed E-state index contributed by atoms with van der Waals surface area (Å²) < 4.78 is 16.3. The molecule has 2 aromatic rings. The fourth-order valence-electron chi connectivity index (χ4n) is 2.06. The SMILES string of the molecule is COc1ccnc(COc2c(C)cccc2C=O)c1OC.